The molecule has 0 atom stereocenters. The van der Waals surface area contributed by atoms with Crippen LogP contribution in [0.4, 0.5) is 11.4 Å². The van der Waals surface area contributed by atoms with Crippen molar-refractivity contribution >= 4 is 28.9 Å². The Kier molecular flexibility index (Phi) is 4.55. The third-order valence-electron chi connectivity index (χ3n) is 3.08. The van der Waals surface area contributed by atoms with Crippen molar-refractivity contribution in [1.82, 2.24) is 0 Å². The minimum atomic E-state index is -0.477. The van der Waals surface area contributed by atoms with Gasteiger partial charge < -0.3 is 4.90 Å². The SMILES string of the molecule is CN(C(=O)c1cccc(CCl)c1)c1ccc([N+](=O)[O-])cc1. The molecule has 0 N–H and O–H groups in total. The van der Waals surface area contributed by atoms with Crippen molar-refractivity contribution in [3.8, 4) is 0 Å². The van der Waals surface area contributed by atoms with Gasteiger partial charge in [0.25, 0.3) is 11.6 Å². The van der Waals surface area contributed by atoms with Crippen LogP contribution in [0.2, 0.25) is 0 Å². The molecule has 0 bridgehead atoms. The zero-order valence-electron chi connectivity index (χ0n) is 11.3. The van der Waals surface area contributed by atoms with Gasteiger partial charge in [0, 0.05) is 36.3 Å². The van der Waals surface area contributed by atoms with Crippen LogP contribution in [0, 0.1) is 10.1 Å². The molecule has 0 aliphatic heterocycles. The molecule has 2 rings (SSSR count). The number of nitro benzene ring substituents is 1. The maximum Gasteiger partial charge on any atom is 0.269 e. The Hall–Kier alpha value is -2.40. The topological polar surface area (TPSA) is 63.5 Å². The molecular formula is C15H13ClN2O3. The summed E-state index contributed by atoms with van der Waals surface area (Å²) in [5.74, 6) is 0.137. The first-order valence-electron chi connectivity index (χ1n) is 6.20. The maximum atomic E-state index is 12.4. The van der Waals surface area contributed by atoms with E-state index in [2.05, 4.69) is 0 Å². The third-order valence-corrected chi connectivity index (χ3v) is 3.39. The van der Waals surface area contributed by atoms with E-state index in [1.807, 2.05) is 6.07 Å². The van der Waals surface area contributed by atoms with E-state index < -0.39 is 4.92 Å². The van der Waals surface area contributed by atoms with Crippen LogP contribution in [-0.2, 0) is 5.88 Å². The van der Waals surface area contributed by atoms with Crippen molar-refractivity contribution in [2.75, 3.05) is 11.9 Å². The molecule has 5 nitrogen and oxygen atoms in total. The predicted molar refractivity (Wildman–Crippen MR) is 81.8 cm³/mol. The highest BCUT2D eigenvalue weighted by Crippen LogP contribution is 2.20. The maximum absolute atomic E-state index is 12.4. The van der Waals surface area contributed by atoms with Crippen LogP contribution in [0.5, 0.6) is 0 Å². The number of hydrogen-bond acceptors (Lipinski definition) is 3. The fourth-order valence-corrected chi connectivity index (χ4v) is 2.06. The van der Waals surface area contributed by atoms with Gasteiger partial charge in [0.05, 0.1) is 4.92 Å². The number of alkyl halides is 1. The van der Waals surface area contributed by atoms with Gasteiger partial charge in [-0.05, 0) is 29.8 Å². The summed E-state index contributed by atoms with van der Waals surface area (Å²) in [5, 5.41) is 10.6. The lowest BCUT2D eigenvalue weighted by atomic mass is 10.1. The first-order valence-corrected chi connectivity index (χ1v) is 6.74. The molecule has 0 spiro atoms. The Morgan fingerprint density at radius 3 is 2.48 bits per heavy atom. The molecule has 0 aromatic heterocycles. The summed E-state index contributed by atoms with van der Waals surface area (Å²) >= 11 is 5.76. The monoisotopic (exact) mass is 304 g/mol. The van der Waals surface area contributed by atoms with Gasteiger partial charge in [-0.25, -0.2) is 0 Å². The van der Waals surface area contributed by atoms with Crippen molar-refractivity contribution < 1.29 is 9.72 Å². The van der Waals surface area contributed by atoms with Gasteiger partial charge >= 0.3 is 0 Å². The number of benzene rings is 2. The number of rotatable bonds is 4. The van der Waals surface area contributed by atoms with Crippen molar-refractivity contribution in [3.63, 3.8) is 0 Å². The zero-order chi connectivity index (χ0) is 15.4. The van der Waals surface area contributed by atoms with Crippen LogP contribution in [-0.4, -0.2) is 17.9 Å². The third kappa shape index (κ3) is 3.38. The van der Waals surface area contributed by atoms with Gasteiger partial charge in [-0.1, -0.05) is 12.1 Å². The lowest BCUT2D eigenvalue weighted by Gasteiger charge is -2.17. The van der Waals surface area contributed by atoms with E-state index in [1.165, 1.54) is 17.0 Å². The highest BCUT2D eigenvalue weighted by atomic mass is 35.5. The summed E-state index contributed by atoms with van der Waals surface area (Å²) in [4.78, 5) is 24.0. The zero-order valence-corrected chi connectivity index (χ0v) is 12.1. The van der Waals surface area contributed by atoms with E-state index in [0.717, 1.165) is 5.56 Å². The Balaban J connectivity index is 2.23. The second kappa shape index (κ2) is 6.37. The van der Waals surface area contributed by atoms with Gasteiger partial charge in [-0.15, -0.1) is 11.6 Å². The highest BCUT2D eigenvalue weighted by Gasteiger charge is 2.15. The van der Waals surface area contributed by atoms with E-state index in [0.29, 0.717) is 17.1 Å². The number of carbonyl (C=O) groups is 1. The van der Waals surface area contributed by atoms with Crippen molar-refractivity contribution in [3.05, 3.63) is 69.8 Å². The van der Waals surface area contributed by atoms with Gasteiger partial charge in [0.1, 0.15) is 0 Å². The van der Waals surface area contributed by atoms with Gasteiger partial charge in [0.2, 0.25) is 0 Å². The number of hydrogen-bond donors (Lipinski definition) is 0. The molecule has 0 aliphatic rings. The Labute approximate surface area is 126 Å². The molecule has 2 aromatic rings. The number of nitrogens with zero attached hydrogens (tertiary/aromatic N) is 2. The van der Waals surface area contributed by atoms with E-state index >= 15 is 0 Å². The summed E-state index contributed by atoms with van der Waals surface area (Å²) in [6.07, 6.45) is 0. The standard InChI is InChI=1S/C15H13ClN2O3/c1-17(13-5-7-14(8-6-13)18(20)21)15(19)12-4-2-3-11(9-12)10-16/h2-9H,10H2,1H3. The number of non-ortho nitro benzene ring substituents is 1. The molecule has 0 heterocycles. The van der Waals surface area contributed by atoms with Crippen LogP contribution in [0.1, 0.15) is 15.9 Å². The number of anilines is 1. The molecule has 0 radical (unpaired) electrons. The quantitative estimate of drug-likeness (QED) is 0.492. The second-order valence-electron chi connectivity index (χ2n) is 4.47. The normalized spacial score (nSPS) is 10.2. The molecular weight excluding hydrogens is 292 g/mol. The molecule has 0 unspecified atom stereocenters. The van der Waals surface area contributed by atoms with Gasteiger partial charge in [-0.2, -0.15) is 0 Å². The summed E-state index contributed by atoms with van der Waals surface area (Å²) < 4.78 is 0. The van der Waals surface area contributed by atoms with Crippen molar-refractivity contribution in [2.24, 2.45) is 0 Å². The number of amides is 1. The molecule has 0 saturated heterocycles. The second-order valence-corrected chi connectivity index (χ2v) is 4.74. The summed E-state index contributed by atoms with van der Waals surface area (Å²) in [6, 6.07) is 12.9. The predicted octanol–water partition coefficient (Wildman–Crippen LogP) is 3.61. The van der Waals surface area contributed by atoms with E-state index in [-0.39, 0.29) is 11.6 Å². The minimum Gasteiger partial charge on any atom is -0.311 e. The molecule has 1 amide bonds. The van der Waals surface area contributed by atoms with E-state index in [4.69, 9.17) is 11.6 Å². The first-order chi connectivity index (χ1) is 10.0. The molecule has 6 heteroatoms. The summed E-state index contributed by atoms with van der Waals surface area (Å²) in [5.41, 5.74) is 1.96. The smallest absolute Gasteiger partial charge is 0.269 e. The minimum absolute atomic E-state index is 0.0104. The lowest BCUT2D eigenvalue weighted by molar-refractivity contribution is -0.384. The molecule has 0 saturated carbocycles. The average molecular weight is 305 g/mol. The summed E-state index contributed by atoms with van der Waals surface area (Å²) in [6.45, 7) is 0. The Bertz CT molecular complexity index is 671. The number of halogens is 1. The Morgan fingerprint density at radius 1 is 1.24 bits per heavy atom. The molecule has 0 aliphatic carbocycles. The van der Waals surface area contributed by atoms with E-state index in [1.54, 1.807) is 37.4 Å². The average Bonchev–Trinajstić information content (AvgIpc) is 2.53. The van der Waals surface area contributed by atoms with Gasteiger partial charge in [-0.3, -0.25) is 14.9 Å². The van der Waals surface area contributed by atoms with Crippen molar-refractivity contribution in [2.45, 2.75) is 5.88 Å². The van der Waals surface area contributed by atoms with Crippen LogP contribution in [0.3, 0.4) is 0 Å². The summed E-state index contributed by atoms with van der Waals surface area (Å²) in [7, 11) is 1.62. The van der Waals surface area contributed by atoms with E-state index in [9.17, 15) is 14.9 Å². The highest BCUT2D eigenvalue weighted by molar-refractivity contribution is 6.17. The fraction of sp³-hybridized carbons (Fsp3) is 0.133. The molecule has 2 aromatic carbocycles. The number of carbonyl (C=O) groups excluding carboxylic acids is 1. The molecule has 108 valence electrons. The van der Waals surface area contributed by atoms with Crippen LogP contribution in [0.25, 0.3) is 0 Å². The number of nitro groups is 1. The van der Waals surface area contributed by atoms with Gasteiger partial charge in [0.15, 0.2) is 0 Å². The Morgan fingerprint density at radius 2 is 1.90 bits per heavy atom. The van der Waals surface area contributed by atoms with Crippen LogP contribution >= 0.6 is 11.6 Å². The van der Waals surface area contributed by atoms with Crippen LogP contribution in [0.15, 0.2) is 48.5 Å². The largest absolute Gasteiger partial charge is 0.311 e. The molecule has 0 fully saturated rings. The first kappa shape index (κ1) is 15.0. The molecule has 21 heavy (non-hydrogen) atoms. The fourth-order valence-electron chi connectivity index (χ4n) is 1.90. The van der Waals surface area contributed by atoms with Crippen molar-refractivity contribution in [1.29, 1.82) is 0 Å². The van der Waals surface area contributed by atoms with Crippen LogP contribution < -0.4 is 4.90 Å². The lowest BCUT2D eigenvalue weighted by Crippen LogP contribution is -2.26.